The van der Waals surface area contributed by atoms with Crippen LogP contribution in [0.15, 0.2) is 60.7 Å². The van der Waals surface area contributed by atoms with Crippen LogP contribution in [0.25, 0.3) is 6.08 Å². The molecule has 19 heavy (non-hydrogen) atoms. The van der Waals surface area contributed by atoms with Gasteiger partial charge < -0.3 is 4.74 Å². The summed E-state index contributed by atoms with van der Waals surface area (Å²) in [4.78, 5) is 0. The van der Waals surface area contributed by atoms with Gasteiger partial charge in [-0.2, -0.15) is 0 Å². The Balaban J connectivity index is 2.14. The van der Waals surface area contributed by atoms with E-state index in [-0.39, 0.29) is 6.10 Å². The Labute approximate surface area is 119 Å². The maximum Gasteiger partial charge on any atom is 0.101 e. The standard InChI is InChI=1S/C17H17ClO/c1-2-19-17(15-6-4-3-5-7-15)13-10-14-8-11-16(18)12-9-14/h3-13,17H,2H2,1H3/b13-10+. The molecule has 0 fully saturated rings. The first-order chi connectivity index (χ1) is 9.29. The van der Waals surface area contributed by atoms with E-state index in [9.17, 15) is 0 Å². The van der Waals surface area contributed by atoms with Crippen molar-refractivity contribution in [2.24, 2.45) is 0 Å². The largest absolute Gasteiger partial charge is 0.370 e. The molecule has 0 radical (unpaired) electrons. The minimum Gasteiger partial charge on any atom is -0.370 e. The molecule has 98 valence electrons. The fourth-order valence-electron chi connectivity index (χ4n) is 1.86. The number of hydrogen-bond acceptors (Lipinski definition) is 1. The third-order valence-electron chi connectivity index (χ3n) is 2.81. The molecule has 0 saturated carbocycles. The summed E-state index contributed by atoms with van der Waals surface area (Å²) in [6, 6.07) is 18.0. The van der Waals surface area contributed by atoms with Gasteiger partial charge in [-0.1, -0.05) is 66.2 Å². The Morgan fingerprint density at radius 3 is 2.37 bits per heavy atom. The van der Waals surface area contributed by atoms with Crippen LogP contribution >= 0.6 is 11.6 Å². The van der Waals surface area contributed by atoms with Crippen molar-refractivity contribution in [1.82, 2.24) is 0 Å². The van der Waals surface area contributed by atoms with Crippen molar-refractivity contribution in [2.45, 2.75) is 13.0 Å². The molecule has 0 aliphatic carbocycles. The highest BCUT2D eigenvalue weighted by atomic mass is 35.5. The summed E-state index contributed by atoms with van der Waals surface area (Å²) in [5, 5.41) is 0.751. The first-order valence-corrected chi connectivity index (χ1v) is 6.77. The van der Waals surface area contributed by atoms with Gasteiger partial charge in [0.15, 0.2) is 0 Å². The van der Waals surface area contributed by atoms with Crippen molar-refractivity contribution in [3.63, 3.8) is 0 Å². The zero-order valence-electron chi connectivity index (χ0n) is 10.9. The van der Waals surface area contributed by atoms with E-state index in [1.54, 1.807) is 0 Å². The average molecular weight is 273 g/mol. The number of hydrogen-bond donors (Lipinski definition) is 0. The van der Waals surface area contributed by atoms with Gasteiger partial charge in [0.25, 0.3) is 0 Å². The summed E-state index contributed by atoms with van der Waals surface area (Å²) >= 11 is 5.87. The first kappa shape index (κ1) is 13.9. The molecule has 0 saturated heterocycles. The van der Waals surface area contributed by atoms with Crippen LogP contribution in [0.3, 0.4) is 0 Å². The number of rotatable bonds is 5. The smallest absolute Gasteiger partial charge is 0.101 e. The highest BCUT2D eigenvalue weighted by Gasteiger charge is 2.06. The molecule has 0 aromatic heterocycles. The second-order valence-electron chi connectivity index (χ2n) is 4.20. The van der Waals surface area contributed by atoms with Crippen LogP contribution in [0.2, 0.25) is 5.02 Å². The number of ether oxygens (including phenoxy) is 1. The summed E-state index contributed by atoms with van der Waals surface area (Å²) < 4.78 is 5.76. The van der Waals surface area contributed by atoms with Gasteiger partial charge in [0.2, 0.25) is 0 Å². The third kappa shape index (κ3) is 4.23. The van der Waals surface area contributed by atoms with Gasteiger partial charge in [0, 0.05) is 11.6 Å². The lowest BCUT2D eigenvalue weighted by Gasteiger charge is -2.13. The van der Waals surface area contributed by atoms with Crippen molar-refractivity contribution in [1.29, 1.82) is 0 Å². The van der Waals surface area contributed by atoms with Crippen molar-refractivity contribution < 1.29 is 4.74 Å². The van der Waals surface area contributed by atoms with E-state index in [0.717, 1.165) is 16.1 Å². The summed E-state index contributed by atoms with van der Waals surface area (Å²) in [6.45, 7) is 2.69. The van der Waals surface area contributed by atoms with Gasteiger partial charge in [-0.3, -0.25) is 0 Å². The predicted molar refractivity (Wildman–Crippen MR) is 81.3 cm³/mol. The van der Waals surface area contributed by atoms with E-state index in [2.05, 4.69) is 24.3 Å². The highest BCUT2D eigenvalue weighted by Crippen LogP contribution is 2.20. The van der Waals surface area contributed by atoms with Gasteiger partial charge in [0.1, 0.15) is 6.10 Å². The number of benzene rings is 2. The molecule has 0 heterocycles. The Morgan fingerprint density at radius 2 is 1.74 bits per heavy atom. The zero-order chi connectivity index (χ0) is 13.5. The second kappa shape index (κ2) is 7.13. The molecule has 2 aromatic rings. The Hall–Kier alpha value is -1.57. The Kier molecular flexibility index (Phi) is 5.20. The van der Waals surface area contributed by atoms with Crippen molar-refractivity contribution in [3.05, 3.63) is 76.8 Å². The van der Waals surface area contributed by atoms with Crippen LogP contribution in [0.1, 0.15) is 24.2 Å². The van der Waals surface area contributed by atoms with Gasteiger partial charge in [-0.15, -0.1) is 0 Å². The molecule has 2 aromatic carbocycles. The molecule has 1 unspecified atom stereocenters. The van der Waals surface area contributed by atoms with E-state index < -0.39 is 0 Å². The van der Waals surface area contributed by atoms with Crippen LogP contribution in [0.5, 0.6) is 0 Å². The van der Waals surface area contributed by atoms with E-state index in [1.807, 2.05) is 49.4 Å². The minimum absolute atomic E-state index is 0.0121. The SMILES string of the molecule is CCOC(/C=C/c1ccc(Cl)cc1)c1ccccc1. The number of halogens is 1. The molecular weight excluding hydrogens is 256 g/mol. The zero-order valence-corrected chi connectivity index (χ0v) is 11.7. The van der Waals surface area contributed by atoms with Crippen LogP contribution in [0.4, 0.5) is 0 Å². The van der Waals surface area contributed by atoms with Gasteiger partial charge in [-0.25, -0.2) is 0 Å². The normalized spacial score (nSPS) is 12.7. The van der Waals surface area contributed by atoms with E-state index >= 15 is 0 Å². The quantitative estimate of drug-likeness (QED) is 0.733. The topological polar surface area (TPSA) is 9.23 Å². The van der Waals surface area contributed by atoms with Crippen LogP contribution in [-0.4, -0.2) is 6.61 Å². The lowest BCUT2D eigenvalue weighted by Crippen LogP contribution is -2.00. The lowest BCUT2D eigenvalue weighted by molar-refractivity contribution is 0.0973. The monoisotopic (exact) mass is 272 g/mol. The van der Waals surface area contributed by atoms with Gasteiger partial charge >= 0.3 is 0 Å². The Morgan fingerprint density at radius 1 is 1.05 bits per heavy atom. The lowest BCUT2D eigenvalue weighted by atomic mass is 10.1. The second-order valence-corrected chi connectivity index (χ2v) is 4.63. The van der Waals surface area contributed by atoms with Crippen molar-refractivity contribution in [3.8, 4) is 0 Å². The fraction of sp³-hybridized carbons (Fsp3) is 0.176. The molecule has 0 aliphatic heterocycles. The fourth-order valence-corrected chi connectivity index (χ4v) is 1.98. The summed E-state index contributed by atoms with van der Waals surface area (Å²) in [7, 11) is 0. The first-order valence-electron chi connectivity index (χ1n) is 6.40. The highest BCUT2D eigenvalue weighted by molar-refractivity contribution is 6.30. The molecular formula is C17H17ClO. The molecule has 0 amide bonds. The summed E-state index contributed by atoms with van der Waals surface area (Å²) in [5.74, 6) is 0. The van der Waals surface area contributed by atoms with Gasteiger partial charge in [0.05, 0.1) is 0 Å². The van der Waals surface area contributed by atoms with Crippen molar-refractivity contribution in [2.75, 3.05) is 6.61 Å². The molecule has 0 aliphatic rings. The predicted octanol–water partition coefficient (Wildman–Crippen LogP) is 5.13. The van der Waals surface area contributed by atoms with Crippen LogP contribution < -0.4 is 0 Å². The maximum absolute atomic E-state index is 5.87. The van der Waals surface area contributed by atoms with Gasteiger partial charge in [-0.05, 0) is 30.2 Å². The minimum atomic E-state index is -0.0121. The molecule has 2 heteroatoms. The Bertz CT molecular complexity index is 517. The van der Waals surface area contributed by atoms with Crippen LogP contribution in [-0.2, 0) is 4.74 Å². The molecule has 0 spiro atoms. The third-order valence-corrected chi connectivity index (χ3v) is 3.06. The van der Waals surface area contributed by atoms with E-state index in [4.69, 9.17) is 16.3 Å². The molecule has 0 bridgehead atoms. The average Bonchev–Trinajstić information content (AvgIpc) is 2.46. The van der Waals surface area contributed by atoms with E-state index in [0.29, 0.717) is 6.61 Å². The van der Waals surface area contributed by atoms with Crippen LogP contribution in [0, 0.1) is 0 Å². The van der Waals surface area contributed by atoms with Crippen molar-refractivity contribution >= 4 is 17.7 Å². The molecule has 1 nitrogen and oxygen atoms in total. The summed E-state index contributed by atoms with van der Waals surface area (Å²) in [5.41, 5.74) is 2.28. The molecule has 2 rings (SSSR count). The maximum atomic E-state index is 5.87. The molecule has 1 atom stereocenters. The van der Waals surface area contributed by atoms with E-state index in [1.165, 1.54) is 0 Å². The summed E-state index contributed by atoms with van der Waals surface area (Å²) in [6.07, 6.45) is 4.12. The molecule has 0 N–H and O–H groups in total.